The summed E-state index contributed by atoms with van der Waals surface area (Å²) in [6.07, 6.45) is 0. The van der Waals surface area contributed by atoms with Crippen molar-refractivity contribution < 1.29 is 10.0 Å². The van der Waals surface area contributed by atoms with Gasteiger partial charge in [-0.1, -0.05) is 78.9 Å². The first-order valence-electron chi connectivity index (χ1n) is 8.89. The van der Waals surface area contributed by atoms with Crippen molar-refractivity contribution in [2.24, 2.45) is 0 Å². The molecule has 0 heterocycles. The van der Waals surface area contributed by atoms with Crippen LogP contribution < -0.4 is 10.8 Å². The molecule has 27 heavy (non-hydrogen) atoms. The van der Waals surface area contributed by atoms with E-state index < -0.39 is 11.9 Å². The van der Waals surface area contributed by atoms with E-state index in [0.29, 0.717) is 6.54 Å². The number of nitrogens with one attached hydrogen (secondary N) is 2. The first-order valence-corrected chi connectivity index (χ1v) is 8.89. The number of benzene rings is 4. The van der Waals surface area contributed by atoms with Crippen molar-refractivity contribution in [3.8, 4) is 0 Å². The van der Waals surface area contributed by atoms with Crippen LogP contribution in [-0.2, 0) is 11.3 Å². The summed E-state index contributed by atoms with van der Waals surface area (Å²) < 4.78 is 0. The normalized spacial score (nSPS) is 12.2. The predicted octanol–water partition coefficient (Wildman–Crippen LogP) is 4.33. The van der Waals surface area contributed by atoms with E-state index in [9.17, 15) is 4.79 Å². The molecule has 3 N–H and O–H groups in total. The fourth-order valence-corrected chi connectivity index (χ4v) is 3.57. The monoisotopic (exact) mass is 356 g/mol. The maximum atomic E-state index is 12.2. The van der Waals surface area contributed by atoms with Crippen LogP contribution in [-0.4, -0.2) is 11.1 Å². The highest BCUT2D eigenvalue weighted by Crippen LogP contribution is 2.29. The van der Waals surface area contributed by atoms with Gasteiger partial charge in [-0.05, 0) is 38.7 Å². The third kappa shape index (κ3) is 3.40. The highest BCUT2D eigenvalue weighted by atomic mass is 16.5. The van der Waals surface area contributed by atoms with Gasteiger partial charge in [0.1, 0.15) is 6.04 Å². The van der Waals surface area contributed by atoms with E-state index in [0.717, 1.165) is 32.7 Å². The van der Waals surface area contributed by atoms with Crippen LogP contribution >= 0.6 is 0 Å². The molecule has 4 aromatic carbocycles. The Morgan fingerprint density at radius 1 is 0.815 bits per heavy atom. The molecule has 0 aliphatic rings. The van der Waals surface area contributed by atoms with Crippen molar-refractivity contribution in [3.63, 3.8) is 0 Å². The van der Waals surface area contributed by atoms with Crippen molar-refractivity contribution >= 4 is 27.5 Å². The Labute approximate surface area is 157 Å². The SMILES string of the molecule is O=C(NO)C(NCc1c2ccccc2cc2ccccc12)c1ccccc1. The molecule has 0 radical (unpaired) electrons. The van der Waals surface area contributed by atoms with Crippen LogP contribution in [0, 0.1) is 0 Å². The van der Waals surface area contributed by atoms with Crippen molar-refractivity contribution in [1.82, 2.24) is 10.8 Å². The first-order chi connectivity index (χ1) is 13.3. The van der Waals surface area contributed by atoms with E-state index in [4.69, 9.17) is 5.21 Å². The van der Waals surface area contributed by atoms with Gasteiger partial charge in [-0.2, -0.15) is 0 Å². The summed E-state index contributed by atoms with van der Waals surface area (Å²) >= 11 is 0. The van der Waals surface area contributed by atoms with E-state index in [1.807, 2.05) is 54.6 Å². The van der Waals surface area contributed by atoms with Crippen LogP contribution in [0.4, 0.5) is 0 Å². The lowest BCUT2D eigenvalue weighted by Crippen LogP contribution is -2.35. The Morgan fingerprint density at radius 2 is 1.37 bits per heavy atom. The van der Waals surface area contributed by atoms with Crippen LogP contribution in [0.25, 0.3) is 21.5 Å². The molecule has 4 heteroatoms. The molecule has 1 unspecified atom stereocenters. The van der Waals surface area contributed by atoms with Crippen LogP contribution in [0.2, 0.25) is 0 Å². The Morgan fingerprint density at radius 3 is 1.96 bits per heavy atom. The molecule has 0 fully saturated rings. The van der Waals surface area contributed by atoms with Gasteiger partial charge in [0.15, 0.2) is 0 Å². The lowest BCUT2D eigenvalue weighted by Gasteiger charge is -2.19. The molecule has 0 aliphatic carbocycles. The van der Waals surface area contributed by atoms with Gasteiger partial charge in [-0.3, -0.25) is 15.3 Å². The molecule has 4 aromatic rings. The molecule has 0 bridgehead atoms. The highest BCUT2D eigenvalue weighted by molar-refractivity contribution is 6.02. The molecule has 0 saturated carbocycles. The molecule has 0 aliphatic heterocycles. The van der Waals surface area contributed by atoms with Crippen molar-refractivity contribution in [1.29, 1.82) is 0 Å². The second kappa shape index (κ2) is 7.58. The molecule has 4 rings (SSSR count). The van der Waals surface area contributed by atoms with Crippen LogP contribution in [0.5, 0.6) is 0 Å². The average Bonchev–Trinajstić information content (AvgIpc) is 2.73. The lowest BCUT2D eigenvalue weighted by molar-refractivity contribution is -0.131. The van der Waals surface area contributed by atoms with Gasteiger partial charge in [-0.15, -0.1) is 0 Å². The Balaban J connectivity index is 1.76. The zero-order valence-corrected chi connectivity index (χ0v) is 14.7. The summed E-state index contributed by atoms with van der Waals surface area (Å²) in [7, 11) is 0. The van der Waals surface area contributed by atoms with Gasteiger partial charge in [0.2, 0.25) is 0 Å². The molecular formula is C23H20N2O2. The van der Waals surface area contributed by atoms with Crippen molar-refractivity contribution in [2.45, 2.75) is 12.6 Å². The second-order valence-electron chi connectivity index (χ2n) is 6.50. The summed E-state index contributed by atoms with van der Waals surface area (Å²) in [5.41, 5.74) is 3.71. The Hall–Kier alpha value is -3.21. The summed E-state index contributed by atoms with van der Waals surface area (Å²) in [4.78, 5) is 12.2. The maximum Gasteiger partial charge on any atom is 0.265 e. The number of carbonyl (C=O) groups is 1. The topological polar surface area (TPSA) is 61.4 Å². The summed E-state index contributed by atoms with van der Waals surface area (Å²) in [6.45, 7) is 0.495. The van der Waals surface area contributed by atoms with Gasteiger partial charge in [0, 0.05) is 6.54 Å². The minimum Gasteiger partial charge on any atom is -0.298 e. The second-order valence-corrected chi connectivity index (χ2v) is 6.50. The van der Waals surface area contributed by atoms with Crippen molar-refractivity contribution in [3.05, 3.63) is 96.1 Å². The van der Waals surface area contributed by atoms with Crippen LogP contribution in [0.3, 0.4) is 0 Å². The van der Waals surface area contributed by atoms with Gasteiger partial charge in [-0.25, -0.2) is 5.48 Å². The van der Waals surface area contributed by atoms with E-state index in [-0.39, 0.29) is 0 Å². The summed E-state index contributed by atoms with van der Waals surface area (Å²) in [5, 5.41) is 17.1. The quantitative estimate of drug-likeness (QED) is 0.283. The van der Waals surface area contributed by atoms with E-state index in [2.05, 4.69) is 35.6 Å². The fraction of sp³-hybridized carbons (Fsp3) is 0.0870. The molecule has 0 spiro atoms. The number of carbonyl (C=O) groups excluding carboxylic acids is 1. The molecule has 0 saturated heterocycles. The molecule has 1 atom stereocenters. The number of fused-ring (bicyclic) bond motifs is 2. The zero-order valence-electron chi connectivity index (χ0n) is 14.7. The van der Waals surface area contributed by atoms with Gasteiger partial charge in [0.05, 0.1) is 0 Å². The third-order valence-corrected chi connectivity index (χ3v) is 4.87. The number of rotatable bonds is 5. The van der Waals surface area contributed by atoms with Crippen LogP contribution in [0.15, 0.2) is 84.9 Å². The number of amides is 1. The standard InChI is InChI=1S/C23H20N2O2/c26-23(25-27)22(16-8-2-1-3-9-16)24-15-21-19-12-6-4-10-17(19)14-18-11-5-7-13-20(18)21/h1-14,22,24,27H,15H2,(H,25,26). The maximum absolute atomic E-state index is 12.2. The minimum absolute atomic E-state index is 0.481. The molecular weight excluding hydrogens is 336 g/mol. The number of hydrogen-bond donors (Lipinski definition) is 3. The van der Waals surface area contributed by atoms with E-state index in [1.165, 1.54) is 0 Å². The molecule has 134 valence electrons. The predicted molar refractivity (Wildman–Crippen MR) is 107 cm³/mol. The van der Waals surface area contributed by atoms with Crippen molar-refractivity contribution in [2.75, 3.05) is 0 Å². The third-order valence-electron chi connectivity index (χ3n) is 4.87. The Bertz CT molecular complexity index is 1040. The largest absolute Gasteiger partial charge is 0.298 e. The first kappa shape index (κ1) is 17.2. The summed E-state index contributed by atoms with van der Waals surface area (Å²) in [6, 6.07) is 27.4. The molecule has 0 aromatic heterocycles. The summed E-state index contributed by atoms with van der Waals surface area (Å²) in [5.74, 6) is -0.481. The number of hydrogen-bond acceptors (Lipinski definition) is 3. The average molecular weight is 356 g/mol. The van der Waals surface area contributed by atoms with Gasteiger partial charge >= 0.3 is 0 Å². The van der Waals surface area contributed by atoms with Gasteiger partial charge in [0.25, 0.3) is 5.91 Å². The van der Waals surface area contributed by atoms with Crippen LogP contribution in [0.1, 0.15) is 17.2 Å². The molecule has 1 amide bonds. The minimum atomic E-state index is -0.645. The zero-order chi connectivity index (χ0) is 18.6. The lowest BCUT2D eigenvalue weighted by atomic mass is 9.96. The Kier molecular flexibility index (Phi) is 4.83. The van der Waals surface area contributed by atoms with E-state index >= 15 is 0 Å². The smallest absolute Gasteiger partial charge is 0.265 e. The van der Waals surface area contributed by atoms with E-state index in [1.54, 1.807) is 5.48 Å². The molecule has 4 nitrogen and oxygen atoms in total. The van der Waals surface area contributed by atoms with Gasteiger partial charge < -0.3 is 0 Å². The number of hydroxylamine groups is 1. The highest BCUT2D eigenvalue weighted by Gasteiger charge is 2.20. The fourth-order valence-electron chi connectivity index (χ4n) is 3.57.